The van der Waals surface area contributed by atoms with E-state index in [1.54, 1.807) is 7.11 Å². The molecule has 0 heterocycles. The maximum Gasteiger partial charge on any atom is 0.234 e. The molecule has 3 aromatic rings. The van der Waals surface area contributed by atoms with Crippen LogP contribution in [-0.4, -0.2) is 13.0 Å². The van der Waals surface area contributed by atoms with E-state index in [2.05, 4.69) is 18.2 Å². The second-order valence-electron chi connectivity index (χ2n) is 7.20. The second kappa shape index (κ2) is 10.1. The Morgan fingerprint density at radius 2 is 1.52 bits per heavy atom. The van der Waals surface area contributed by atoms with Gasteiger partial charge in [0.15, 0.2) is 0 Å². The fourth-order valence-corrected chi connectivity index (χ4v) is 4.05. The number of carbonyl (C=O) groups is 1. The van der Waals surface area contributed by atoms with Gasteiger partial charge in [-0.25, -0.2) is 0 Å². The summed E-state index contributed by atoms with van der Waals surface area (Å²) in [5, 5.41) is 2.24. The Labute approximate surface area is 174 Å². The number of amides is 1. The standard InChI is InChI=1S/C24H25NO2.C2H6/c1-27-21-16-14-20(15-17-21)25(24(26)19-9-3-2-4-10-19)23-13-7-11-18-8-5-6-12-22(18)23;1-2/h5-8,11-17,19H,2-4,9-10H2,1H3;1-2H3. The molecule has 0 spiro atoms. The number of methoxy groups -OCH3 is 1. The van der Waals surface area contributed by atoms with Crippen LogP contribution >= 0.6 is 0 Å². The third-order valence-electron chi connectivity index (χ3n) is 5.51. The van der Waals surface area contributed by atoms with Crippen LogP contribution in [0.25, 0.3) is 10.8 Å². The number of hydrogen-bond acceptors (Lipinski definition) is 2. The van der Waals surface area contributed by atoms with Crippen LogP contribution in [0.2, 0.25) is 0 Å². The Hall–Kier alpha value is -2.81. The zero-order chi connectivity index (χ0) is 20.6. The summed E-state index contributed by atoms with van der Waals surface area (Å²) in [7, 11) is 1.66. The van der Waals surface area contributed by atoms with Crippen molar-refractivity contribution in [3.63, 3.8) is 0 Å². The summed E-state index contributed by atoms with van der Waals surface area (Å²) in [5.41, 5.74) is 1.84. The fraction of sp³-hybridized carbons (Fsp3) is 0.346. The molecular weight excluding hydrogens is 358 g/mol. The Balaban J connectivity index is 0.00000117. The lowest BCUT2D eigenvalue weighted by molar-refractivity contribution is -0.122. The van der Waals surface area contributed by atoms with Crippen LogP contribution in [0.4, 0.5) is 11.4 Å². The first-order chi connectivity index (χ1) is 14.3. The van der Waals surface area contributed by atoms with Crippen LogP contribution < -0.4 is 9.64 Å². The van der Waals surface area contributed by atoms with E-state index in [1.807, 2.05) is 67.3 Å². The van der Waals surface area contributed by atoms with Crippen LogP contribution in [-0.2, 0) is 4.79 Å². The highest BCUT2D eigenvalue weighted by Crippen LogP contribution is 2.36. The van der Waals surface area contributed by atoms with Gasteiger partial charge < -0.3 is 4.74 Å². The van der Waals surface area contributed by atoms with Crippen LogP contribution in [0.3, 0.4) is 0 Å². The predicted molar refractivity (Wildman–Crippen MR) is 122 cm³/mol. The molecule has 0 aromatic heterocycles. The zero-order valence-electron chi connectivity index (χ0n) is 17.7. The summed E-state index contributed by atoms with van der Waals surface area (Å²) in [6.45, 7) is 4.00. The molecule has 4 rings (SSSR count). The van der Waals surface area contributed by atoms with Crippen molar-refractivity contribution in [3.05, 3.63) is 66.7 Å². The molecule has 152 valence electrons. The van der Waals surface area contributed by atoms with Crippen LogP contribution in [0.1, 0.15) is 46.0 Å². The molecule has 0 atom stereocenters. The van der Waals surface area contributed by atoms with E-state index in [-0.39, 0.29) is 11.8 Å². The number of benzene rings is 3. The van der Waals surface area contributed by atoms with E-state index >= 15 is 0 Å². The summed E-state index contributed by atoms with van der Waals surface area (Å²) < 4.78 is 5.30. The van der Waals surface area contributed by atoms with Crippen molar-refractivity contribution in [1.82, 2.24) is 0 Å². The second-order valence-corrected chi connectivity index (χ2v) is 7.20. The number of rotatable bonds is 4. The number of fused-ring (bicyclic) bond motifs is 1. The lowest BCUT2D eigenvalue weighted by Gasteiger charge is -2.30. The van der Waals surface area contributed by atoms with Gasteiger partial charge in [0.1, 0.15) is 5.75 Å². The van der Waals surface area contributed by atoms with Gasteiger partial charge in [-0.1, -0.05) is 69.5 Å². The summed E-state index contributed by atoms with van der Waals surface area (Å²) in [6, 6.07) is 22.2. The van der Waals surface area contributed by atoms with Gasteiger partial charge in [-0.2, -0.15) is 0 Å². The van der Waals surface area contributed by atoms with E-state index in [9.17, 15) is 4.79 Å². The van der Waals surface area contributed by atoms with Gasteiger partial charge in [0.05, 0.1) is 12.8 Å². The minimum absolute atomic E-state index is 0.0971. The number of anilines is 2. The molecule has 3 aromatic carbocycles. The van der Waals surface area contributed by atoms with Crippen molar-refractivity contribution in [3.8, 4) is 5.75 Å². The topological polar surface area (TPSA) is 29.5 Å². The lowest BCUT2D eigenvalue weighted by atomic mass is 9.88. The average molecular weight is 390 g/mol. The molecular formula is C26H31NO2. The van der Waals surface area contributed by atoms with Gasteiger partial charge in [-0.05, 0) is 48.6 Å². The summed E-state index contributed by atoms with van der Waals surface area (Å²) in [6.07, 6.45) is 5.48. The van der Waals surface area contributed by atoms with Crippen LogP contribution in [0, 0.1) is 5.92 Å². The summed E-state index contributed by atoms with van der Waals surface area (Å²) in [5.74, 6) is 1.10. The zero-order valence-corrected chi connectivity index (χ0v) is 17.7. The van der Waals surface area contributed by atoms with Gasteiger partial charge in [-0.15, -0.1) is 0 Å². The largest absolute Gasteiger partial charge is 0.497 e. The quantitative estimate of drug-likeness (QED) is 0.475. The van der Waals surface area contributed by atoms with Gasteiger partial charge in [0.2, 0.25) is 5.91 Å². The molecule has 0 aliphatic heterocycles. The molecule has 1 aliphatic rings. The van der Waals surface area contributed by atoms with E-state index in [4.69, 9.17) is 4.74 Å². The van der Waals surface area contributed by atoms with Crippen molar-refractivity contribution >= 4 is 28.1 Å². The average Bonchev–Trinajstić information content (AvgIpc) is 2.81. The number of ether oxygens (including phenoxy) is 1. The molecule has 0 bridgehead atoms. The van der Waals surface area contributed by atoms with Gasteiger partial charge in [-0.3, -0.25) is 9.69 Å². The highest BCUT2D eigenvalue weighted by Gasteiger charge is 2.28. The van der Waals surface area contributed by atoms with Crippen LogP contribution in [0.5, 0.6) is 5.75 Å². The van der Waals surface area contributed by atoms with E-state index < -0.39 is 0 Å². The molecule has 1 aliphatic carbocycles. The highest BCUT2D eigenvalue weighted by molar-refractivity contribution is 6.09. The van der Waals surface area contributed by atoms with Gasteiger partial charge in [0.25, 0.3) is 0 Å². The Morgan fingerprint density at radius 3 is 2.21 bits per heavy atom. The molecule has 0 saturated heterocycles. The molecule has 1 saturated carbocycles. The number of carbonyl (C=O) groups excluding carboxylic acids is 1. The van der Waals surface area contributed by atoms with Crippen molar-refractivity contribution in [2.75, 3.05) is 12.0 Å². The molecule has 0 unspecified atom stereocenters. The van der Waals surface area contributed by atoms with Crippen molar-refractivity contribution < 1.29 is 9.53 Å². The molecule has 0 radical (unpaired) electrons. The van der Waals surface area contributed by atoms with E-state index in [0.717, 1.165) is 53.6 Å². The minimum Gasteiger partial charge on any atom is -0.497 e. The molecule has 1 fully saturated rings. The molecule has 3 heteroatoms. The maximum absolute atomic E-state index is 13.6. The first kappa shape index (κ1) is 20.9. The normalized spacial score (nSPS) is 14.0. The first-order valence-corrected chi connectivity index (χ1v) is 10.7. The highest BCUT2D eigenvalue weighted by atomic mass is 16.5. The molecule has 0 N–H and O–H groups in total. The van der Waals surface area contributed by atoms with Gasteiger partial charge >= 0.3 is 0 Å². The molecule has 29 heavy (non-hydrogen) atoms. The first-order valence-electron chi connectivity index (χ1n) is 10.7. The summed E-state index contributed by atoms with van der Waals surface area (Å²) in [4.78, 5) is 15.5. The van der Waals surface area contributed by atoms with E-state index in [1.165, 1.54) is 6.42 Å². The lowest BCUT2D eigenvalue weighted by Crippen LogP contribution is -2.33. The number of nitrogens with zero attached hydrogens (tertiary/aromatic N) is 1. The van der Waals surface area contributed by atoms with Crippen molar-refractivity contribution in [2.45, 2.75) is 46.0 Å². The minimum atomic E-state index is 0.0971. The monoisotopic (exact) mass is 389 g/mol. The van der Waals surface area contributed by atoms with Crippen molar-refractivity contribution in [1.29, 1.82) is 0 Å². The fourth-order valence-electron chi connectivity index (χ4n) is 4.05. The van der Waals surface area contributed by atoms with Gasteiger partial charge in [0, 0.05) is 17.0 Å². The maximum atomic E-state index is 13.6. The SMILES string of the molecule is CC.COc1ccc(N(C(=O)C2CCCCC2)c2cccc3ccccc23)cc1. The third kappa shape index (κ3) is 4.61. The molecule has 1 amide bonds. The van der Waals surface area contributed by atoms with E-state index in [0.29, 0.717) is 0 Å². The summed E-state index contributed by atoms with van der Waals surface area (Å²) >= 11 is 0. The Bertz CT molecular complexity index is 922. The van der Waals surface area contributed by atoms with Crippen molar-refractivity contribution in [2.24, 2.45) is 5.92 Å². The number of hydrogen-bond donors (Lipinski definition) is 0. The smallest absolute Gasteiger partial charge is 0.234 e. The Kier molecular flexibility index (Phi) is 7.29. The Morgan fingerprint density at radius 1 is 0.862 bits per heavy atom. The predicted octanol–water partition coefficient (Wildman–Crippen LogP) is 7.12. The third-order valence-corrected chi connectivity index (χ3v) is 5.51. The van der Waals surface area contributed by atoms with Crippen LogP contribution in [0.15, 0.2) is 66.7 Å². The molecule has 3 nitrogen and oxygen atoms in total.